The lowest BCUT2D eigenvalue weighted by Crippen LogP contribution is -2.31. The lowest BCUT2D eigenvalue weighted by atomic mass is 9.94. The maximum absolute atomic E-state index is 6.10. The summed E-state index contributed by atoms with van der Waals surface area (Å²) in [6, 6.07) is 18.7. The highest BCUT2D eigenvalue weighted by Gasteiger charge is 2.31. The molecule has 0 spiro atoms. The molecular weight excluding hydrogens is 460 g/mol. The minimum absolute atomic E-state index is 0.172. The normalized spacial score (nSPS) is 14.8. The van der Waals surface area contributed by atoms with Crippen LogP contribution in [0.1, 0.15) is 49.6 Å². The number of hydrogen-bond acceptors (Lipinski definition) is 6. The fourth-order valence-electron chi connectivity index (χ4n) is 4.11. The van der Waals surface area contributed by atoms with E-state index in [4.69, 9.17) is 19.4 Å². The van der Waals surface area contributed by atoms with Crippen LogP contribution in [0.25, 0.3) is 21.6 Å². The van der Waals surface area contributed by atoms with Crippen molar-refractivity contribution in [2.24, 2.45) is 0 Å². The van der Waals surface area contributed by atoms with E-state index in [0.717, 1.165) is 58.6 Å². The molecule has 34 heavy (non-hydrogen) atoms. The number of thioether (sulfide) groups is 1. The van der Waals surface area contributed by atoms with Gasteiger partial charge in [0.1, 0.15) is 15.6 Å². The molecule has 0 radical (unpaired) electrons. The summed E-state index contributed by atoms with van der Waals surface area (Å²) in [5.74, 6) is 2.53. The third kappa shape index (κ3) is 5.14. The second-order valence-electron chi connectivity index (χ2n) is 9.26. The molecule has 2 aromatic carbocycles. The third-order valence-corrected chi connectivity index (χ3v) is 8.14. The molecule has 4 nitrogen and oxygen atoms in total. The molecule has 176 valence electrons. The predicted octanol–water partition coefficient (Wildman–Crippen LogP) is 7.68. The van der Waals surface area contributed by atoms with E-state index in [0.29, 0.717) is 6.61 Å². The number of rotatable bonds is 8. The van der Waals surface area contributed by atoms with Crippen molar-refractivity contribution in [2.45, 2.75) is 63.0 Å². The minimum Gasteiger partial charge on any atom is -0.494 e. The van der Waals surface area contributed by atoms with Gasteiger partial charge in [-0.25, -0.2) is 9.97 Å². The van der Waals surface area contributed by atoms with Gasteiger partial charge in [-0.1, -0.05) is 43.7 Å². The zero-order valence-corrected chi connectivity index (χ0v) is 21.6. The van der Waals surface area contributed by atoms with Crippen molar-refractivity contribution in [1.82, 2.24) is 9.97 Å². The number of nitrogens with zero attached hydrogens (tertiary/aromatic N) is 2. The Balaban J connectivity index is 1.52. The maximum atomic E-state index is 6.10. The zero-order chi connectivity index (χ0) is 23.5. The van der Waals surface area contributed by atoms with Gasteiger partial charge in [-0.2, -0.15) is 0 Å². The van der Waals surface area contributed by atoms with Gasteiger partial charge in [0.15, 0.2) is 5.82 Å². The van der Waals surface area contributed by atoms with Crippen molar-refractivity contribution in [1.29, 1.82) is 0 Å². The van der Waals surface area contributed by atoms with E-state index in [1.165, 1.54) is 21.4 Å². The highest BCUT2D eigenvalue weighted by Crippen LogP contribution is 2.43. The van der Waals surface area contributed by atoms with E-state index in [9.17, 15) is 0 Å². The lowest BCUT2D eigenvalue weighted by Gasteiger charge is -2.30. The van der Waals surface area contributed by atoms with E-state index in [2.05, 4.69) is 63.2 Å². The van der Waals surface area contributed by atoms with Crippen molar-refractivity contribution < 1.29 is 9.47 Å². The van der Waals surface area contributed by atoms with Gasteiger partial charge in [0.05, 0.1) is 18.8 Å². The summed E-state index contributed by atoms with van der Waals surface area (Å²) >= 11 is 3.54. The molecule has 0 atom stereocenters. The number of fused-ring (bicyclic) bond motifs is 3. The average molecular weight is 491 g/mol. The van der Waals surface area contributed by atoms with Gasteiger partial charge in [-0.3, -0.25) is 0 Å². The second-order valence-corrected chi connectivity index (χ2v) is 11.3. The lowest BCUT2D eigenvalue weighted by molar-refractivity contribution is -0.0379. The SMILES string of the molecule is CCCCOc1ccc(-c2nc(SCc3ccccc3)c3c4c(sc3n2)COC(C)(C)C4)cc1. The molecule has 0 bridgehead atoms. The van der Waals surface area contributed by atoms with Crippen LogP contribution in [0.3, 0.4) is 0 Å². The standard InChI is InChI=1S/C28H30N2O2S2/c1-4-5-15-31-21-13-11-20(12-14-21)25-29-26(33-18-19-9-7-6-8-10-19)24-22-16-28(2,3)32-17-23(22)34-27(24)30-25/h6-14H,4-5,15-18H2,1-3H3. The number of thiophene rings is 1. The summed E-state index contributed by atoms with van der Waals surface area (Å²) in [6.07, 6.45) is 3.07. The maximum Gasteiger partial charge on any atom is 0.162 e. The number of unbranched alkanes of at least 4 members (excludes halogenated alkanes) is 1. The molecule has 1 aliphatic heterocycles. The van der Waals surface area contributed by atoms with Crippen LogP contribution in [0.4, 0.5) is 0 Å². The zero-order valence-electron chi connectivity index (χ0n) is 20.0. The molecule has 5 rings (SSSR count). The molecule has 0 fully saturated rings. The molecule has 1 aliphatic rings. The van der Waals surface area contributed by atoms with Crippen LogP contribution in [0.2, 0.25) is 0 Å². The van der Waals surface area contributed by atoms with Crippen LogP contribution < -0.4 is 4.74 Å². The fraction of sp³-hybridized carbons (Fsp3) is 0.357. The van der Waals surface area contributed by atoms with Gasteiger partial charge in [-0.15, -0.1) is 23.1 Å². The smallest absolute Gasteiger partial charge is 0.162 e. The van der Waals surface area contributed by atoms with Gasteiger partial charge >= 0.3 is 0 Å². The van der Waals surface area contributed by atoms with Gasteiger partial charge in [0.2, 0.25) is 0 Å². The summed E-state index contributed by atoms with van der Waals surface area (Å²) in [5.41, 5.74) is 3.49. The molecule has 3 heterocycles. The molecule has 0 unspecified atom stereocenters. The molecule has 0 aliphatic carbocycles. The Hall–Kier alpha value is -2.41. The first kappa shape index (κ1) is 23.3. The topological polar surface area (TPSA) is 44.2 Å². The average Bonchev–Trinajstić information content (AvgIpc) is 3.20. The van der Waals surface area contributed by atoms with Crippen LogP contribution in [0.15, 0.2) is 59.6 Å². The van der Waals surface area contributed by atoms with E-state index >= 15 is 0 Å². The number of aromatic nitrogens is 2. The van der Waals surface area contributed by atoms with Gasteiger partial charge in [0, 0.05) is 28.0 Å². The first-order chi connectivity index (χ1) is 16.5. The quantitative estimate of drug-likeness (QED) is 0.144. The second kappa shape index (κ2) is 10.1. The molecular formula is C28H30N2O2S2. The Kier molecular flexibility index (Phi) is 6.91. The number of hydrogen-bond donors (Lipinski definition) is 0. The highest BCUT2D eigenvalue weighted by molar-refractivity contribution is 7.98. The van der Waals surface area contributed by atoms with E-state index in [-0.39, 0.29) is 5.60 Å². The van der Waals surface area contributed by atoms with Crippen molar-refractivity contribution in [3.05, 3.63) is 70.6 Å². The highest BCUT2D eigenvalue weighted by atomic mass is 32.2. The number of benzene rings is 2. The third-order valence-electron chi connectivity index (χ3n) is 5.99. The van der Waals surface area contributed by atoms with Crippen molar-refractivity contribution in [3.8, 4) is 17.1 Å². The molecule has 0 amide bonds. The molecule has 4 aromatic rings. The number of ether oxygens (including phenoxy) is 2. The summed E-state index contributed by atoms with van der Waals surface area (Å²) in [7, 11) is 0. The van der Waals surface area contributed by atoms with Crippen LogP contribution in [-0.4, -0.2) is 22.2 Å². The van der Waals surface area contributed by atoms with Crippen LogP contribution >= 0.6 is 23.1 Å². The van der Waals surface area contributed by atoms with E-state index in [1.54, 1.807) is 23.1 Å². The van der Waals surface area contributed by atoms with Crippen LogP contribution in [0.5, 0.6) is 5.75 Å². The van der Waals surface area contributed by atoms with E-state index < -0.39 is 0 Å². The molecule has 6 heteroatoms. The Morgan fingerprint density at radius 2 is 1.85 bits per heavy atom. The largest absolute Gasteiger partial charge is 0.494 e. The summed E-state index contributed by atoms with van der Waals surface area (Å²) in [6.45, 7) is 7.89. The predicted molar refractivity (Wildman–Crippen MR) is 142 cm³/mol. The summed E-state index contributed by atoms with van der Waals surface area (Å²) in [5, 5.41) is 2.27. The molecule has 0 saturated carbocycles. The Bertz CT molecular complexity index is 1270. The minimum atomic E-state index is -0.172. The first-order valence-corrected chi connectivity index (χ1v) is 13.7. The van der Waals surface area contributed by atoms with Gasteiger partial charge in [-0.05, 0) is 55.7 Å². The summed E-state index contributed by atoms with van der Waals surface area (Å²) < 4.78 is 11.9. The molecule has 2 aromatic heterocycles. The Labute approximate surface area is 209 Å². The van der Waals surface area contributed by atoms with Crippen molar-refractivity contribution in [3.63, 3.8) is 0 Å². The van der Waals surface area contributed by atoms with Gasteiger partial charge in [0.25, 0.3) is 0 Å². The monoisotopic (exact) mass is 490 g/mol. The molecule has 0 saturated heterocycles. The Morgan fingerprint density at radius 3 is 2.62 bits per heavy atom. The molecule has 0 N–H and O–H groups in total. The van der Waals surface area contributed by atoms with Gasteiger partial charge < -0.3 is 9.47 Å². The van der Waals surface area contributed by atoms with Crippen molar-refractivity contribution >= 4 is 33.3 Å². The summed E-state index contributed by atoms with van der Waals surface area (Å²) in [4.78, 5) is 12.4. The van der Waals surface area contributed by atoms with Crippen molar-refractivity contribution in [2.75, 3.05) is 6.61 Å². The van der Waals surface area contributed by atoms with Crippen LogP contribution in [-0.2, 0) is 23.5 Å². The Morgan fingerprint density at radius 1 is 1.06 bits per heavy atom. The van der Waals surface area contributed by atoms with Crippen LogP contribution in [0, 0.1) is 0 Å². The first-order valence-electron chi connectivity index (χ1n) is 11.9. The fourth-order valence-corrected chi connectivity index (χ4v) is 6.28. The van der Waals surface area contributed by atoms with E-state index in [1.807, 2.05) is 12.1 Å².